The lowest BCUT2D eigenvalue weighted by Crippen LogP contribution is -2.28. The number of fused-ring (bicyclic) bond motifs is 8. The molecule has 0 N–H and O–H groups in total. The van der Waals surface area contributed by atoms with Crippen molar-refractivity contribution >= 4 is 59.5 Å². The van der Waals surface area contributed by atoms with Gasteiger partial charge in [0.25, 0.3) is 0 Å². The Kier molecular flexibility index (Phi) is 7.97. The van der Waals surface area contributed by atoms with Crippen LogP contribution in [-0.4, -0.2) is 0 Å². The summed E-state index contributed by atoms with van der Waals surface area (Å²) in [5.41, 5.74) is 14.4. The van der Waals surface area contributed by atoms with Crippen molar-refractivity contribution in [3.8, 4) is 33.6 Å². The summed E-state index contributed by atoms with van der Waals surface area (Å²) in [4.78, 5) is 2.38. The van der Waals surface area contributed by atoms with E-state index >= 15 is 0 Å². The first kappa shape index (κ1) is 34.6. The van der Waals surface area contributed by atoms with Crippen LogP contribution in [0.3, 0.4) is 0 Å². The number of nitrogens with zero attached hydrogens (tertiary/aromatic N) is 1. The summed E-state index contributed by atoms with van der Waals surface area (Å²) in [6.45, 7) is 0. The van der Waals surface area contributed by atoms with E-state index in [0.717, 1.165) is 50.5 Å². The van der Waals surface area contributed by atoms with Crippen LogP contribution in [0.5, 0.6) is 0 Å². The van der Waals surface area contributed by atoms with Gasteiger partial charge in [-0.15, -0.1) is 11.3 Å². The number of hydrogen-bond donors (Lipinski definition) is 0. The molecule has 2 aromatic heterocycles. The van der Waals surface area contributed by atoms with Crippen LogP contribution in [0.2, 0.25) is 0 Å². The average molecular weight is 784 g/mol. The fourth-order valence-electron chi connectivity index (χ4n) is 9.65. The Labute approximate surface area is 352 Å². The fourth-order valence-corrected chi connectivity index (χ4v) is 10.8. The molecule has 0 saturated carbocycles. The standard InChI is InChI=1S/C57H37NOS/c1-4-14-38(15-5-1)39-24-29-44(30-25-39)58(46-33-35-48-47-20-11-13-23-53(47)60-54(48)37-46)45-31-26-40(27-32-45)41-28-34-49-51(36-41)57(42-16-6-2-7-17-42,43-18-8-3-9-19-43)55-50-21-10-12-22-52(50)59-56(49)55/h1-37H. The lowest BCUT2D eigenvalue weighted by atomic mass is 9.67. The SMILES string of the molecule is c1ccc(-c2ccc(N(c3ccc(-c4ccc5c(c4)C(c4ccccc4)(c4ccccc4)c4c-5oc5ccccc45)cc3)c3ccc4c(c3)sc3ccccc34)cc2)cc1. The Morgan fingerprint density at radius 1 is 0.383 bits per heavy atom. The Balaban J connectivity index is 0.997. The molecule has 3 heteroatoms. The maximum atomic E-state index is 6.78. The van der Waals surface area contributed by atoms with E-state index < -0.39 is 5.41 Å². The van der Waals surface area contributed by atoms with Gasteiger partial charge in [0.1, 0.15) is 11.3 Å². The summed E-state index contributed by atoms with van der Waals surface area (Å²) in [5.74, 6) is 0.949. The topological polar surface area (TPSA) is 16.4 Å². The van der Waals surface area contributed by atoms with Crippen LogP contribution in [0, 0.1) is 0 Å². The Morgan fingerprint density at radius 3 is 1.58 bits per heavy atom. The molecule has 0 saturated heterocycles. The lowest BCUT2D eigenvalue weighted by Gasteiger charge is -2.33. The van der Waals surface area contributed by atoms with Gasteiger partial charge in [0.2, 0.25) is 0 Å². The number of hydrogen-bond acceptors (Lipinski definition) is 3. The van der Waals surface area contributed by atoms with Crippen molar-refractivity contribution in [3.63, 3.8) is 0 Å². The Morgan fingerprint density at radius 2 is 0.900 bits per heavy atom. The van der Waals surface area contributed by atoms with Crippen molar-refractivity contribution in [1.29, 1.82) is 0 Å². The summed E-state index contributed by atoms with van der Waals surface area (Å²) in [6.07, 6.45) is 0. The van der Waals surface area contributed by atoms with Crippen molar-refractivity contribution in [2.24, 2.45) is 0 Å². The quantitative estimate of drug-likeness (QED) is 0.160. The van der Waals surface area contributed by atoms with E-state index in [9.17, 15) is 0 Å². The minimum atomic E-state index is -0.566. The van der Waals surface area contributed by atoms with Crippen LogP contribution in [0.15, 0.2) is 229 Å². The third-order valence-corrected chi connectivity index (χ3v) is 13.5. The molecule has 9 aromatic carbocycles. The second kappa shape index (κ2) is 13.8. The third kappa shape index (κ3) is 5.33. The summed E-state index contributed by atoms with van der Waals surface area (Å²) in [5, 5.41) is 3.75. The van der Waals surface area contributed by atoms with Gasteiger partial charge in [0.15, 0.2) is 0 Å². The van der Waals surface area contributed by atoms with E-state index in [1.54, 1.807) is 0 Å². The molecule has 0 unspecified atom stereocenters. The number of thiophene rings is 1. The Bertz CT molecular complexity index is 3310. The van der Waals surface area contributed by atoms with E-state index in [1.807, 2.05) is 11.3 Å². The second-order valence-electron chi connectivity index (χ2n) is 15.6. The zero-order chi connectivity index (χ0) is 39.6. The van der Waals surface area contributed by atoms with Crippen LogP contribution in [-0.2, 0) is 5.41 Å². The van der Waals surface area contributed by atoms with Gasteiger partial charge in [-0.05, 0) is 93.5 Å². The first-order valence-corrected chi connectivity index (χ1v) is 21.3. The highest BCUT2D eigenvalue weighted by molar-refractivity contribution is 7.25. The van der Waals surface area contributed by atoms with Gasteiger partial charge in [-0.25, -0.2) is 0 Å². The molecule has 0 spiro atoms. The molecule has 0 bridgehead atoms. The molecule has 0 radical (unpaired) electrons. The number of furan rings is 1. The highest BCUT2D eigenvalue weighted by Crippen LogP contribution is 2.59. The second-order valence-corrected chi connectivity index (χ2v) is 16.7. The lowest BCUT2D eigenvalue weighted by molar-refractivity contribution is 0.628. The van der Waals surface area contributed by atoms with Gasteiger partial charge in [0.05, 0.1) is 5.41 Å². The van der Waals surface area contributed by atoms with E-state index in [-0.39, 0.29) is 0 Å². The van der Waals surface area contributed by atoms with E-state index in [0.29, 0.717) is 0 Å². The highest BCUT2D eigenvalue weighted by Gasteiger charge is 2.49. The van der Waals surface area contributed by atoms with E-state index in [2.05, 4.69) is 229 Å². The highest BCUT2D eigenvalue weighted by atomic mass is 32.1. The monoisotopic (exact) mass is 783 g/mol. The van der Waals surface area contributed by atoms with Crippen LogP contribution >= 0.6 is 11.3 Å². The van der Waals surface area contributed by atoms with Crippen molar-refractivity contribution in [2.75, 3.05) is 4.90 Å². The zero-order valence-corrected chi connectivity index (χ0v) is 33.4. The predicted octanol–water partition coefficient (Wildman–Crippen LogP) is 16.0. The van der Waals surface area contributed by atoms with Gasteiger partial charge >= 0.3 is 0 Å². The maximum absolute atomic E-state index is 6.78. The molecule has 0 aliphatic heterocycles. The van der Waals surface area contributed by atoms with Gasteiger partial charge < -0.3 is 9.32 Å². The average Bonchev–Trinajstić information content (AvgIpc) is 3.98. The molecular weight excluding hydrogens is 747 g/mol. The molecule has 60 heavy (non-hydrogen) atoms. The molecule has 0 fully saturated rings. The van der Waals surface area contributed by atoms with Gasteiger partial charge in [-0.3, -0.25) is 0 Å². The molecule has 12 rings (SSSR count). The molecule has 2 nitrogen and oxygen atoms in total. The molecule has 1 aliphatic rings. The minimum absolute atomic E-state index is 0.566. The molecule has 282 valence electrons. The van der Waals surface area contributed by atoms with E-state index in [4.69, 9.17) is 4.42 Å². The predicted molar refractivity (Wildman–Crippen MR) is 252 cm³/mol. The first-order chi connectivity index (χ1) is 29.7. The maximum Gasteiger partial charge on any atom is 0.140 e. The molecule has 0 atom stereocenters. The van der Waals surface area contributed by atoms with Crippen molar-refractivity contribution < 1.29 is 4.42 Å². The number of benzene rings is 9. The van der Waals surface area contributed by atoms with Crippen LogP contribution in [0.4, 0.5) is 17.1 Å². The normalized spacial score (nSPS) is 12.8. The van der Waals surface area contributed by atoms with Crippen LogP contribution < -0.4 is 4.90 Å². The summed E-state index contributed by atoms with van der Waals surface area (Å²) >= 11 is 1.85. The first-order valence-electron chi connectivity index (χ1n) is 20.5. The number of para-hydroxylation sites is 1. The van der Waals surface area contributed by atoms with Gasteiger partial charge in [-0.1, -0.05) is 170 Å². The smallest absolute Gasteiger partial charge is 0.140 e. The zero-order valence-electron chi connectivity index (χ0n) is 32.6. The van der Waals surface area contributed by atoms with Gasteiger partial charge in [-0.2, -0.15) is 0 Å². The van der Waals surface area contributed by atoms with Gasteiger partial charge in [0, 0.05) is 53.7 Å². The van der Waals surface area contributed by atoms with Crippen LogP contribution in [0.25, 0.3) is 64.7 Å². The summed E-state index contributed by atoms with van der Waals surface area (Å²) in [7, 11) is 0. The number of rotatable bonds is 7. The Hall–Kier alpha value is -7.46. The minimum Gasteiger partial charge on any atom is -0.456 e. The molecule has 11 aromatic rings. The fraction of sp³-hybridized carbons (Fsp3) is 0.0175. The van der Waals surface area contributed by atoms with Crippen molar-refractivity contribution in [2.45, 2.75) is 5.41 Å². The van der Waals surface area contributed by atoms with Crippen molar-refractivity contribution in [1.82, 2.24) is 0 Å². The summed E-state index contributed by atoms with van der Waals surface area (Å²) < 4.78 is 9.37. The molecule has 2 heterocycles. The van der Waals surface area contributed by atoms with Crippen molar-refractivity contribution in [3.05, 3.63) is 247 Å². The molecule has 1 aliphatic carbocycles. The van der Waals surface area contributed by atoms with Crippen LogP contribution in [0.1, 0.15) is 22.3 Å². The molecule has 0 amide bonds. The summed E-state index contributed by atoms with van der Waals surface area (Å²) in [6, 6.07) is 81.5. The largest absolute Gasteiger partial charge is 0.456 e. The third-order valence-electron chi connectivity index (χ3n) is 12.4. The molecular formula is C57H37NOS. The van der Waals surface area contributed by atoms with E-state index in [1.165, 1.54) is 53.6 Å². The number of anilines is 3.